The molecule has 0 aliphatic heterocycles. The van der Waals surface area contributed by atoms with Crippen molar-refractivity contribution in [3.63, 3.8) is 0 Å². The standard InChI is InChI=1S/C15H17N3O2/c1-11(12-7-5-4-6-8-12)17(2)15(20)13-9-10-14(19)18(3)16-13/h4-11H,1-3H3. The van der Waals surface area contributed by atoms with Crippen molar-refractivity contribution in [3.05, 3.63) is 64.1 Å². The van der Waals surface area contributed by atoms with Crippen LogP contribution in [0.1, 0.15) is 29.0 Å². The Morgan fingerprint density at radius 1 is 1.20 bits per heavy atom. The lowest BCUT2D eigenvalue weighted by atomic mass is 10.1. The van der Waals surface area contributed by atoms with Crippen LogP contribution >= 0.6 is 0 Å². The van der Waals surface area contributed by atoms with E-state index in [4.69, 9.17) is 0 Å². The summed E-state index contributed by atoms with van der Waals surface area (Å²) < 4.78 is 1.16. The molecule has 1 heterocycles. The summed E-state index contributed by atoms with van der Waals surface area (Å²) >= 11 is 0. The summed E-state index contributed by atoms with van der Waals surface area (Å²) in [6.45, 7) is 1.95. The summed E-state index contributed by atoms with van der Waals surface area (Å²) in [7, 11) is 3.26. The second-order valence-electron chi connectivity index (χ2n) is 4.68. The van der Waals surface area contributed by atoms with Gasteiger partial charge in [-0.1, -0.05) is 30.3 Å². The van der Waals surface area contributed by atoms with E-state index < -0.39 is 0 Å². The van der Waals surface area contributed by atoms with Crippen molar-refractivity contribution in [3.8, 4) is 0 Å². The average molecular weight is 271 g/mol. The smallest absolute Gasteiger partial charge is 0.274 e. The molecule has 2 rings (SSSR count). The van der Waals surface area contributed by atoms with Crippen LogP contribution in [0.4, 0.5) is 0 Å². The topological polar surface area (TPSA) is 55.2 Å². The van der Waals surface area contributed by atoms with Crippen LogP contribution < -0.4 is 5.56 Å². The van der Waals surface area contributed by atoms with E-state index in [2.05, 4.69) is 5.10 Å². The number of carbonyl (C=O) groups excluding carboxylic acids is 1. The average Bonchev–Trinajstić information content (AvgIpc) is 2.48. The normalized spacial score (nSPS) is 11.9. The third kappa shape index (κ3) is 2.77. The molecule has 20 heavy (non-hydrogen) atoms. The maximum Gasteiger partial charge on any atom is 0.274 e. The Kier molecular flexibility index (Phi) is 3.98. The number of nitrogens with zero attached hydrogens (tertiary/aromatic N) is 3. The number of hydrogen-bond acceptors (Lipinski definition) is 3. The molecule has 1 amide bonds. The lowest BCUT2D eigenvalue weighted by Gasteiger charge is -2.25. The van der Waals surface area contributed by atoms with E-state index in [0.717, 1.165) is 10.2 Å². The molecule has 5 nitrogen and oxygen atoms in total. The molecule has 1 atom stereocenters. The molecule has 0 bridgehead atoms. The highest BCUT2D eigenvalue weighted by atomic mass is 16.2. The van der Waals surface area contributed by atoms with E-state index in [9.17, 15) is 9.59 Å². The van der Waals surface area contributed by atoms with Gasteiger partial charge in [-0.2, -0.15) is 5.10 Å². The molecule has 0 N–H and O–H groups in total. The minimum atomic E-state index is -0.236. The SMILES string of the molecule is CC(c1ccccc1)N(C)C(=O)c1ccc(=O)n(C)n1. The van der Waals surface area contributed by atoms with Crippen LogP contribution in [0.2, 0.25) is 0 Å². The third-order valence-corrected chi connectivity index (χ3v) is 3.36. The molecule has 104 valence electrons. The first-order chi connectivity index (χ1) is 9.50. The molecule has 1 aromatic carbocycles. The van der Waals surface area contributed by atoms with Crippen LogP contribution in [0.3, 0.4) is 0 Å². The molecule has 5 heteroatoms. The van der Waals surface area contributed by atoms with Gasteiger partial charge >= 0.3 is 0 Å². The van der Waals surface area contributed by atoms with Gasteiger partial charge in [0.25, 0.3) is 11.5 Å². The van der Waals surface area contributed by atoms with Crippen LogP contribution in [0, 0.1) is 0 Å². The van der Waals surface area contributed by atoms with E-state index in [1.165, 1.54) is 19.2 Å². The largest absolute Gasteiger partial charge is 0.334 e. The maximum absolute atomic E-state index is 12.4. The van der Waals surface area contributed by atoms with Gasteiger partial charge in [-0.25, -0.2) is 4.68 Å². The molecular weight excluding hydrogens is 254 g/mol. The Morgan fingerprint density at radius 2 is 1.85 bits per heavy atom. The van der Waals surface area contributed by atoms with Gasteiger partial charge in [0.05, 0.1) is 6.04 Å². The van der Waals surface area contributed by atoms with Crippen LogP contribution in [-0.4, -0.2) is 27.6 Å². The summed E-state index contributed by atoms with van der Waals surface area (Å²) in [5.41, 5.74) is 1.07. The summed E-state index contributed by atoms with van der Waals surface area (Å²) in [6, 6.07) is 12.5. The lowest BCUT2D eigenvalue weighted by Crippen LogP contribution is -2.32. The van der Waals surface area contributed by atoms with Crippen molar-refractivity contribution in [2.45, 2.75) is 13.0 Å². The Balaban J connectivity index is 2.24. The van der Waals surface area contributed by atoms with Gasteiger partial charge in [-0.3, -0.25) is 9.59 Å². The fourth-order valence-electron chi connectivity index (χ4n) is 1.93. The molecule has 0 aliphatic carbocycles. The van der Waals surface area contributed by atoms with Gasteiger partial charge in [0.1, 0.15) is 5.69 Å². The summed E-state index contributed by atoms with van der Waals surface area (Å²) in [5, 5.41) is 3.98. The predicted molar refractivity (Wildman–Crippen MR) is 76.4 cm³/mol. The van der Waals surface area contributed by atoms with Crippen molar-refractivity contribution in [2.24, 2.45) is 7.05 Å². The Bertz CT molecular complexity index is 664. The molecule has 0 spiro atoms. The first-order valence-corrected chi connectivity index (χ1v) is 6.37. The molecule has 0 radical (unpaired) electrons. The molecular formula is C15H17N3O2. The van der Waals surface area contributed by atoms with Gasteiger partial charge in [0.2, 0.25) is 0 Å². The van der Waals surface area contributed by atoms with Gasteiger partial charge in [0.15, 0.2) is 0 Å². The first kappa shape index (κ1) is 14.0. The number of amides is 1. The predicted octanol–water partition coefficient (Wildman–Crippen LogP) is 1.61. The van der Waals surface area contributed by atoms with E-state index in [-0.39, 0.29) is 23.2 Å². The first-order valence-electron chi connectivity index (χ1n) is 6.37. The molecule has 1 unspecified atom stereocenters. The van der Waals surface area contributed by atoms with Gasteiger partial charge in [-0.05, 0) is 18.6 Å². The minimum absolute atomic E-state index is 0.0669. The minimum Gasteiger partial charge on any atom is -0.334 e. The number of carbonyl (C=O) groups is 1. The van der Waals surface area contributed by atoms with Crippen molar-refractivity contribution in [1.29, 1.82) is 0 Å². The number of hydrogen-bond donors (Lipinski definition) is 0. The molecule has 1 aromatic heterocycles. The van der Waals surface area contributed by atoms with Gasteiger partial charge in [-0.15, -0.1) is 0 Å². The molecule has 2 aromatic rings. The van der Waals surface area contributed by atoms with Crippen LogP contribution in [0.5, 0.6) is 0 Å². The van der Waals surface area contributed by atoms with E-state index >= 15 is 0 Å². The van der Waals surface area contributed by atoms with E-state index in [1.807, 2.05) is 37.3 Å². The van der Waals surface area contributed by atoms with Crippen LogP contribution in [-0.2, 0) is 7.05 Å². The molecule has 0 saturated heterocycles. The number of rotatable bonds is 3. The maximum atomic E-state index is 12.4. The highest BCUT2D eigenvalue weighted by Crippen LogP contribution is 2.19. The number of aryl methyl sites for hydroxylation is 1. The highest BCUT2D eigenvalue weighted by Gasteiger charge is 2.20. The second-order valence-corrected chi connectivity index (χ2v) is 4.68. The quantitative estimate of drug-likeness (QED) is 0.852. The third-order valence-electron chi connectivity index (χ3n) is 3.36. The number of benzene rings is 1. The van der Waals surface area contributed by atoms with Crippen molar-refractivity contribution < 1.29 is 4.79 Å². The monoisotopic (exact) mass is 271 g/mol. The molecule has 0 saturated carbocycles. The zero-order valence-corrected chi connectivity index (χ0v) is 11.8. The summed E-state index contributed by atoms with van der Waals surface area (Å²) in [4.78, 5) is 25.3. The zero-order valence-electron chi connectivity index (χ0n) is 11.8. The fraction of sp³-hybridized carbons (Fsp3) is 0.267. The highest BCUT2D eigenvalue weighted by molar-refractivity contribution is 5.92. The van der Waals surface area contributed by atoms with Crippen LogP contribution in [0.25, 0.3) is 0 Å². The van der Waals surface area contributed by atoms with Gasteiger partial charge < -0.3 is 4.90 Å². The van der Waals surface area contributed by atoms with Gasteiger partial charge in [0, 0.05) is 20.2 Å². The van der Waals surface area contributed by atoms with Crippen molar-refractivity contribution in [2.75, 3.05) is 7.05 Å². The van der Waals surface area contributed by atoms with E-state index in [1.54, 1.807) is 11.9 Å². The molecule has 0 aliphatic rings. The zero-order chi connectivity index (χ0) is 14.7. The lowest BCUT2D eigenvalue weighted by molar-refractivity contribution is 0.0734. The second kappa shape index (κ2) is 5.69. The summed E-state index contributed by atoms with van der Waals surface area (Å²) in [5.74, 6) is -0.211. The summed E-state index contributed by atoms with van der Waals surface area (Å²) in [6.07, 6.45) is 0. The fourth-order valence-corrected chi connectivity index (χ4v) is 1.93. The Hall–Kier alpha value is -2.43. The van der Waals surface area contributed by atoms with Crippen molar-refractivity contribution in [1.82, 2.24) is 14.7 Å². The Labute approximate surface area is 117 Å². The van der Waals surface area contributed by atoms with Crippen molar-refractivity contribution >= 4 is 5.91 Å². The Morgan fingerprint density at radius 3 is 2.45 bits per heavy atom. The number of aromatic nitrogens is 2. The van der Waals surface area contributed by atoms with E-state index in [0.29, 0.717) is 0 Å². The molecule has 0 fully saturated rings. The van der Waals surface area contributed by atoms with Crippen LogP contribution in [0.15, 0.2) is 47.3 Å².